The van der Waals surface area contributed by atoms with Gasteiger partial charge in [0.05, 0.1) is 6.20 Å². The number of pyridine rings is 1. The lowest BCUT2D eigenvalue weighted by molar-refractivity contribution is 0.570. The second-order valence-corrected chi connectivity index (χ2v) is 4.57. The maximum atomic E-state index is 5.97. The van der Waals surface area contributed by atoms with Crippen LogP contribution in [0, 0.1) is 0 Å². The van der Waals surface area contributed by atoms with E-state index in [-0.39, 0.29) is 0 Å². The van der Waals surface area contributed by atoms with Gasteiger partial charge in [0.1, 0.15) is 0 Å². The van der Waals surface area contributed by atoms with Crippen molar-refractivity contribution in [1.82, 2.24) is 20.0 Å². The van der Waals surface area contributed by atoms with Crippen molar-refractivity contribution in [2.45, 2.75) is 13.0 Å². The fraction of sp³-hybridized carbons (Fsp3) is 0.214. The van der Waals surface area contributed by atoms with Crippen LogP contribution < -0.4 is 11.1 Å². The Morgan fingerprint density at radius 3 is 2.95 bits per heavy atom. The Balaban J connectivity index is 1.67. The molecular formula is C14H16N6. The molecule has 0 unspecified atom stereocenters. The van der Waals surface area contributed by atoms with Crippen molar-refractivity contribution in [3.63, 3.8) is 0 Å². The highest BCUT2D eigenvalue weighted by molar-refractivity contribution is 6.00. The van der Waals surface area contributed by atoms with Gasteiger partial charge in [-0.1, -0.05) is 5.21 Å². The van der Waals surface area contributed by atoms with Crippen LogP contribution in [0.4, 0.5) is 11.4 Å². The summed E-state index contributed by atoms with van der Waals surface area (Å²) >= 11 is 0. The topological polar surface area (TPSA) is 81.6 Å². The fourth-order valence-electron chi connectivity index (χ4n) is 2.18. The first-order chi connectivity index (χ1) is 9.84. The van der Waals surface area contributed by atoms with Gasteiger partial charge >= 0.3 is 0 Å². The lowest BCUT2D eigenvalue weighted by Crippen LogP contribution is -2.07. The van der Waals surface area contributed by atoms with Crippen molar-refractivity contribution in [1.29, 1.82) is 0 Å². The summed E-state index contributed by atoms with van der Waals surface area (Å²) in [6.07, 6.45) is 8.11. The quantitative estimate of drug-likeness (QED) is 0.545. The molecular weight excluding hydrogens is 252 g/mol. The highest BCUT2D eigenvalue weighted by atomic mass is 15.4. The Kier molecular flexibility index (Phi) is 3.45. The molecule has 102 valence electrons. The molecule has 2 heterocycles. The van der Waals surface area contributed by atoms with E-state index in [1.807, 2.05) is 35.3 Å². The molecule has 0 amide bonds. The monoisotopic (exact) mass is 268 g/mol. The molecule has 0 aliphatic rings. The van der Waals surface area contributed by atoms with E-state index < -0.39 is 0 Å². The molecule has 0 saturated heterocycles. The number of rotatable bonds is 5. The van der Waals surface area contributed by atoms with Crippen LogP contribution in [0.3, 0.4) is 0 Å². The van der Waals surface area contributed by atoms with Crippen LogP contribution in [0.5, 0.6) is 0 Å². The maximum absolute atomic E-state index is 5.97. The summed E-state index contributed by atoms with van der Waals surface area (Å²) in [5.41, 5.74) is 7.80. The molecule has 0 spiro atoms. The number of aryl methyl sites for hydroxylation is 1. The summed E-state index contributed by atoms with van der Waals surface area (Å²) in [4.78, 5) is 4.17. The molecule has 3 N–H and O–H groups in total. The van der Waals surface area contributed by atoms with E-state index in [0.717, 1.165) is 41.7 Å². The Morgan fingerprint density at radius 2 is 2.10 bits per heavy atom. The number of fused-ring (bicyclic) bond motifs is 1. The minimum Gasteiger partial charge on any atom is -0.398 e. The highest BCUT2D eigenvalue weighted by Gasteiger charge is 2.03. The van der Waals surface area contributed by atoms with E-state index in [4.69, 9.17) is 5.73 Å². The van der Waals surface area contributed by atoms with Gasteiger partial charge in [0.15, 0.2) is 0 Å². The van der Waals surface area contributed by atoms with Gasteiger partial charge in [-0.25, -0.2) is 0 Å². The summed E-state index contributed by atoms with van der Waals surface area (Å²) in [6, 6.07) is 5.85. The average Bonchev–Trinajstić information content (AvgIpc) is 2.99. The number of benzene rings is 1. The summed E-state index contributed by atoms with van der Waals surface area (Å²) < 4.78 is 1.82. The number of hydrogen-bond donors (Lipinski definition) is 2. The SMILES string of the molecule is Nc1ccc(NCCCn2ccnn2)c2cnccc12. The van der Waals surface area contributed by atoms with E-state index >= 15 is 0 Å². The predicted molar refractivity (Wildman–Crippen MR) is 79.3 cm³/mol. The van der Waals surface area contributed by atoms with Gasteiger partial charge < -0.3 is 11.1 Å². The van der Waals surface area contributed by atoms with Gasteiger partial charge in [-0.3, -0.25) is 9.67 Å². The first-order valence-electron chi connectivity index (χ1n) is 6.55. The summed E-state index contributed by atoms with van der Waals surface area (Å²) in [5.74, 6) is 0. The lowest BCUT2D eigenvalue weighted by atomic mass is 10.1. The van der Waals surface area contributed by atoms with Crippen LogP contribution in [-0.4, -0.2) is 26.5 Å². The molecule has 2 aromatic heterocycles. The van der Waals surface area contributed by atoms with Crippen molar-refractivity contribution < 1.29 is 0 Å². The number of anilines is 2. The minimum atomic E-state index is 0.774. The van der Waals surface area contributed by atoms with Crippen LogP contribution in [0.25, 0.3) is 10.8 Å². The molecule has 3 aromatic rings. The lowest BCUT2D eigenvalue weighted by Gasteiger charge is -2.11. The van der Waals surface area contributed by atoms with Crippen LogP contribution >= 0.6 is 0 Å². The van der Waals surface area contributed by atoms with E-state index in [1.54, 1.807) is 12.4 Å². The van der Waals surface area contributed by atoms with Gasteiger partial charge in [-0.05, 0) is 24.6 Å². The second-order valence-electron chi connectivity index (χ2n) is 4.57. The Morgan fingerprint density at radius 1 is 1.15 bits per heavy atom. The van der Waals surface area contributed by atoms with Gasteiger partial charge in [0.25, 0.3) is 0 Å². The van der Waals surface area contributed by atoms with E-state index in [2.05, 4.69) is 20.6 Å². The van der Waals surface area contributed by atoms with Crippen LogP contribution in [0.15, 0.2) is 43.0 Å². The largest absolute Gasteiger partial charge is 0.398 e. The number of nitrogens with zero attached hydrogens (tertiary/aromatic N) is 4. The Bertz CT molecular complexity index is 692. The third-order valence-corrected chi connectivity index (χ3v) is 3.20. The summed E-state index contributed by atoms with van der Waals surface area (Å²) in [6.45, 7) is 1.70. The molecule has 3 rings (SSSR count). The molecule has 0 bridgehead atoms. The zero-order chi connectivity index (χ0) is 13.8. The number of hydrogen-bond acceptors (Lipinski definition) is 5. The van der Waals surface area contributed by atoms with E-state index in [9.17, 15) is 0 Å². The maximum Gasteiger partial charge on any atom is 0.0692 e. The molecule has 0 aliphatic heterocycles. The van der Waals surface area contributed by atoms with E-state index in [0.29, 0.717) is 0 Å². The van der Waals surface area contributed by atoms with Crippen molar-refractivity contribution in [3.05, 3.63) is 43.0 Å². The van der Waals surface area contributed by atoms with Gasteiger partial charge in [0.2, 0.25) is 0 Å². The zero-order valence-electron chi connectivity index (χ0n) is 11.0. The number of aromatic nitrogens is 4. The van der Waals surface area contributed by atoms with Gasteiger partial charge in [-0.2, -0.15) is 0 Å². The summed E-state index contributed by atoms with van der Waals surface area (Å²) in [5, 5.41) is 13.2. The Hall–Kier alpha value is -2.63. The number of nitrogens with one attached hydrogen (secondary N) is 1. The normalized spacial score (nSPS) is 10.8. The molecule has 6 nitrogen and oxygen atoms in total. The molecule has 0 saturated carbocycles. The fourth-order valence-corrected chi connectivity index (χ4v) is 2.18. The molecule has 0 radical (unpaired) electrons. The standard InChI is InChI=1S/C14H16N6/c15-13-2-3-14(12-10-16-6-4-11(12)13)17-5-1-8-20-9-7-18-19-20/h2-4,6-7,9-10,17H,1,5,8,15H2. The third-order valence-electron chi connectivity index (χ3n) is 3.20. The molecule has 0 aliphatic carbocycles. The first-order valence-corrected chi connectivity index (χ1v) is 6.55. The molecule has 0 fully saturated rings. The molecule has 20 heavy (non-hydrogen) atoms. The molecule has 0 atom stereocenters. The second kappa shape index (κ2) is 5.56. The summed E-state index contributed by atoms with van der Waals surface area (Å²) in [7, 11) is 0. The molecule has 6 heteroatoms. The van der Waals surface area contributed by atoms with Crippen molar-refractivity contribution >= 4 is 22.1 Å². The first kappa shape index (κ1) is 12.4. The van der Waals surface area contributed by atoms with Crippen LogP contribution in [0.1, 0.15) is 6.42 Å². The smallest absolute Gasteiger partial charge is 0.0692 e. The minimum absolute atomic E-state index is 0.774. The third kappa shape index (κ3) is 2.54. The molecule has 1 aromatic carbocycles. The van der Waals surface area contributed by atoms with E-state index in [1.165, 1.54) is 0 Å². The number of nitrogens with two attached hydrogens (primary N) is 1. The van der Waals surface area contributed by atoms with Crippen LogP contribution in [0.2, 0.25) is 0 Å². The highest BCUT2D eigenvalue weighted by Crippen LogP contribution is 2.27. The predicted octanol–water partition coefficient (Wildman–Crippen LogP) is 1.91. The Labute approximate surface area is 116 Å². The van der Waals surface area contributed by atoms with Crippen LogP contribution in [-0.2, 0) is 6.54 Å². The number of nitrogen functional groups attached to an aromatic ring is 1. The average molecular weight is 268 g/mol. The van der Waals surface area contributed by atoms with Gasteiger partial charge in [0, 0.05) is 53.8 Å². The van der Waals surface area contributed by atoms with Crippen molar-refractivity contribution in [2.75, 3.05) is 17.6 Å². The van der Waals surface area contributed by atoms with Crippen molar-refractivity contribution in [3.8, 4) is 0 Å². The van der Waals surface area contributed by atoms with Gasteiger partial charge in [-0.15, -0.1) is 5.10 Å². The zero-order valence-corrected chi connectivity index (χ0v) is 11.0. The van der Waals surface area contributed by atoms with Crippen molar-refractivity contribution in [2.24, 2.45) is 0 Å².